The summed E-state index contributed by atoms with van der Waals surface area (Å²) >= 11 is 0. The first-order valence-electron chi connectivity index (χ1n) is 7.81. The highest BCUT2D eigenvalue weighted by molar-refractivity contribution is 8.67. The van der Waals surface area contributed by atoms with E-state index >= 15 is 0 Å². The Morgan fingerprint density at radius 2 is 1.60 bits per heavy atom. The minimum Gasteiger partial charge on any atom is -0.213 e. The lowest BCUT2D eigenvalue weighted by Gasteiger charge is -2.23. The zero-order valence-electron chi connectivity index (χ0n) is 12.7. The third-order valence-corrected chi connectivity index (χ3v) is 10.5. The molecule has 0 heterocycles. The van der Waals surface area contributed by atoms with Gasteiger partial charge in [0.1, 0.15) is 0 Å². The van der Waals surface area contributed by atoms with E-state index in [-0.39, 0.29) is 11.7 Å². The van der Waals surface area contributed by atoms with Crippen molar-refractivity contribution in [3.8, 4) is 0 Å². The van der Waals surface area contributed by atoms with Crippen LogP contribution in [0.25, 0.3) is 0 Å². The maximum Gasteiger partial charge on any atom is 0.256 e. The second-order valence-electron chi connectivity index (χ2n) is 5.89. The fourth-order valence-corrected chi connectivity index (χ4v) is 8.31. The minimum absolute atomic E-state index is 0.0293. The van der Waals surface area contributed by atoms with Crippen LogP contribution in [0, 0.1) is 5.92 Å². The SMILES string of the molecule is CCCCC(CC)CS(=O)(=O)S(=O)(=O)C1CCCCC1. The number of rotatable bonds is 8. The monoisotopic (exact) mass is 324 g/mol. The van der Waals surface area contributed by atoms with Crippen LogP contribution in [-0.2, 0) is 17.7 Å². The Labute approximate surface area is 123 Å². The summed E-state index contributed by atoms with van der Waals surface area (Å²) in [6, 6.07) is 0. The summed E-state index contributed by atoms with van der Waals surface area (Å²) in [7, 11) is -8.05. The van der Waals surface area contributed by atoms with E-state index in [0.717, 1.165) is 44.9 Å². The molecular formula is C14H28O4S2. The zero-order chi connectivity index (χ0) is 15.2. The molecule has 1 aliphatic rings. The summed E-state index contributed by atoms with van der Waals surface area (Å²) in [5.74, 6) is -0.221. The molecule has 0 spiro atoms. The summed E-state index contributed by atoms with van der Waals surface area (Å²) in [5.41, 5.74) is 0. The molecule has 0 bridgehead atoms. The maximum atomic E-state index is 12.3. The van der Waals surface area contributed by atoms with E-state index in [0.29, 0.717) is 12.8 Å². The molecule has 0 aromatic rings. The Kier molecular flexibility index (Phi) is 6.98. The van der Waals surface area contributed by atoms with Crippen molar-refractivity contribution in [3.05, 3.63) is 0 Å². The highest BCUT2D eigenvalue weighted by Gasteiger charge is 2.39. The molecule has 0 radical (unpaired) electrons. The van der Waals surface area contributed by atoms with Gasteiger partial charge < -0.3 is 0 Å². The smallest absolute Gasteiger partial charge is 0.213 e. The largest absolute Gasteiger partial charge is 0.256 e. The van der Waals surface area contributed by atoms with Crippen molar-refractivity contribution < 1.29 is 16.8 Å². The Hall–Kier alpha value is -0.100. The third-order valence-electron chi connectivity index (χ3n) is 4.30. The molecule has 0 N–H and O–H groups in total. The van der Waals surface area contributed by atoms with E-state index in [1.165, 1.54) is 0 Å². The van der Waals surface area contributed by atoms with Crippen LogP contribution in [-0.4, -0.2) is 27.8 Å². The van der Waals surface area contributed by atoms with E-state index < -0.39 is 23.0 Å². The highest BCUT2D eigenvalue weighted by Crippen LogP contribution is 2.29. The van der Waals surface area contributed by atoms with Gasteiger partial charge in [-0.3, -0.25) is 0 Å². The van der Waals surface area contributed by atoms with Gasteiger partial charge in [0.05, 0.1) is 11.0 Å². The predicted octanol–water partition coefficient (Wildman–Crippen LogP) is 3.28. The first-order chi connectivity index (χ1) is 9.35. The lowest BCUT2D eigenvalue weighted by atomic mass is 10.0. The van der Waals surface area contributed by atoms with Gasteiger partial charge in [0.2, 0.25) is 0 Å². The molecule has 0 aromatic carbocycles. The van der Waals surface area contributed by atoms with E-state index in [2.05, 4.69) is 6.92 Å². The van der Waals surface area contributed by atoms with Gasteiger partial charge in [-0.15, -0.1) is 0 Å². The van der Waals surface area contributed by atoms with Crippen LogP contribution in [0.15, 0.2) is 0 Å². The average Bonchev–Trinajstić information content (AvgIpc) is 2.44. The quantitative estimate of drug-likeness (QED) is 0.643. The van der Waals surface area contributed by atoms with Crippen molar-refractivity contribution in [2.24, 2.45) is 5.92 Å². The average molecular weight is 325 g/mol. The predicted molar refractivity (Wildman–Crippen MR) is 82.9 cm³/mol. The molecule has 1 unspecified atom stereocenters. The van der Waals surface area contributed by atoms with Crippen molar-refractivity contribution in [2.75, 3.05) is 5.75 Å². The lowest BCUT2D eigenvalue weighted by Crippen LogP contribution is -2.33. The summed E-state index contributed by atoms with van der Waals surface area (Å²) in [6.07, 6.45) is 7.16. The van der Waals surface area contributed by atoms with Crippen molar-refractivity contribution in [1.82, 2.24) is 0 Å². The third kappa shape index (κ3) is 4.45. The lowest BCUT2D eigenvalue weighted by molar-refractivity contribution is 0.477. The van der Waals surface area contributed by atoms with Crippen molar-refractivity contribution >= 4 is 17.7 Å². The van der Waals surface area contributed by atoms with E-state index in [9.17, 15) is 16.8 Å². The maximum absolute atomic E-state index is 12.3. The van der Waals surface area contributed by atoms with Gasteiger partial charge in [0.25, 0.3) is 17.7 Å². The summed E-state index contributed by atoms with van der Waals surface area (Å²) in [6.45, 7) is 3.99. The molecule has 0 aliphatic heterocycles. The van der Waals surface area contributed by atoms with Gasteiger partial charge in [0, 0.05) is 0 Å². The van der Waals surface area contributed by atoms with E-state index in [4.69, 9.17) is 0 Å². The van der Waals surface area contributed by atoms with Crippen LogP contribution < -0.4 is 0 Å². The van der Waals surface area contributed by atoms with Crippen molar-refractivity contribution in [2.45, 2.75) is 76.9 Å². The Balaban J connectivity index is 2.79. The Morgan fingerprint density at radius 1 is 1.00 bits per heavy atom. The first kappa shape index (κ1) is 18.0. The van der Waals surface area contributed by atoms with Crippen molar-refractivity contribution in [1.29, 1.82) is 0 Å². The molecular weight excluding hydrogens is 296 g/mol. The standard InChI is InChI=1S/C14H28O4S2/c1-3-5-9-13(4-2)12-19(15,16)20(17,18)14-10-7-6-8-11-14/h13-14H,3-12H2,1-2H3. The molecule has 6 heteroatoms. The van der Waals surface area contributed by atoms with Crippen LogP contribution in [0.1, 0.15) is 71.6 Å². The fraction of sp³-hybridized carbons (Fsp3) is 1.00. The highest BCUT2D eigenvalue weighted by atomic mass is 33.2. The molecule has 1 rings (SSSR count). The normalized spacial score (nSPS) is 19.9. The Bertz CT molecular complexity index is 473. The molecule has 20 heavy (non-hydrogen) atoms. The van der Waals surface area contributed by atoms with Crippen LogP contribution in [0.4, 0.5) is 0 Å². The van der Waals surface area contributed by atoms with E-state index in [1.807, 2.05) is 6.92 Å². The minimum atomic E-state index is -4.03. The second kappa shape index (κ2) is 7.78. The Morgan fingerprint density at radius 3 is 2.10 bits per heavy atom. The summed E-state index contributed by atoms with van der Waals surface area (Å²) in [4.78, 5) is 0. The molecule has 0 aromatic heterocycles. The molecule has 0 saturated heterocycles. The summed E-state index contributed by atoms with van der Waals surface area (Å²) in [5, 5.41) is -0.662. The zero-order valence-corrected chi connectivity index (χ0v) is 14.3. The fourth-order valence-electron chi connectivity index (χ4n) is 2.84. The number of hydrogen-bond acceptors (Lipinski definition) is 4. The molecule has 1 saturated carbocycles. The molecule has 4 nitrogen and oxygen atoms in total. The van der Waals surface area contributed by atoms with Gasteiger partial charge in [-0.25, -0.2) is 16.8 Å². The van der Waals surface area contributed by atoms with Crippen molar-refractivity contribution in [3.63, 3.8) is 0 Å². The van der Waals surface area contributed by atoms with Gasteiger partial charge >= 0.3 is 0 Å². The number of hydrogen-bond donors (Lipinski definition) is 0. The first-order valence-corrected chi connectivity index (χ1v) is 11.5. The molecule has 120 valence electrons. The number of unbranched alkanes of at least 4 members (excludes halogenated alkanes) is 1. The molecule has 1 atom stereocenters. The molecule has 0 amide bonds. The van der Waals surface area contributed by atoms with Gasteiger partial charge in [0.15, 0.2) is 0 Å². The van der Waals surface area contributed by atoms with Gasteiger partial charge in [-0.2, -0.15) is 0 Å². The van der Waals surface area contributed by atoms with Crippen LogP contribution in [0.2, 0.25) is 0 Å². The van der Waals surface area contributed by atoms with E-state index in [1.54, 1.807) is 0 Å². The van der Waals surface area contributed by atoms with Crippen LogP contribution in [0.3, 0.4) is 0 Å². The molecule has 1 fully saturated rings. The van der Waals surface area contributed by atoms with Gasteiger partial charge in [-0.1, -0.05) is 52.4 Å². The summed E-state index contributed by atoms with van der Waals surface area (Å²) < 4.78 is 49.3. The second-order valence-corrected chi connectivity index (χ2v) is 11.9. The van der Waals surface area contributed by atoms with Gasteiger partial charge in [-0.05, 0) is 25.2 Å². The topological polar surface area (TPSA) is 68.3 Å². The molecule has 1 aliphatic carbocycles. The van der Waals surface area contributed by atoms with Crippen LogP contribution >= 0.6 is 0 Å². The van der Waals surface area contributed by atoms with Crippen LogP contribution in [0.5, 0.6) is 0 Å².